The van der Waals surface area contributed by atoms with Crippen molar-refractivity contribution in [1.82, 2.24) is 9.97 Å². The lowest BCUT2D eigenvalue weighted by Gasteiger charge is -2.11. The van der Waals surface area contributed by atoms with Gasteiger partial charge in [-0.15, -0.1) is 0 Å². The molecule has 2 heterocycles. The molecule has 2 aromatic heterocycles. The van der Waals surface area contributed by atoms with E-state index in [0.29, 0.717) is 5.52 Å². The van der Waals surface area contributed by atoms with E-state index in [1.54, 1.807) is 37.3 Å². The molecule has 0 bridgehead atoms. The van der Waals surface area contributed by atoms with Gasteiger partial charge in [0.2, 0.25) is 0 Å². The largest absolute Gasteiger partial charge is 0.473 e. The van der Waals surface area contributed by atoms with E-state index in [4.69, 9.17) is 4.74 Å². The first kappa shape index (κ1) is 17.7. The van der Waals surface area contributed by atoms with Crippen molar-refractivity contribution < 1.29 is 18.1 Å². The second-order valence-electron chi connectivity index (χ2n) is 5.38. The van der Waals surface area contributed by atoms with Crippen molar-refractivity contribution in [2.75, 3.05) is 6.61 Å². The van der Waals surface area contributed by atoms with Gasteiger partial charge in [-0.25, -0.2) is 13.4 Å². The lowest BCUT2D eigenvalue weighted by molar-refractivity contribution is -0.386. The van der Waals surface area contributed by atoms with Crippen LogP contribution in [-0.4, -0.2) is 29.9 Å². The van der Waals surface area contributed by atoms with Gasteiger partial charge in [0.1, 0.15) is 5.52 Å². The Hall–Kier alpha value is -3.07. The molecule has 1 aromatic carbocycles. The number of rotatable bonds is 6. The molecular formula is C17H15N3O5S. The molecular weight excluding hydrogens is 358 g/mol. The summed E-state index contributed by atoms with van der Waals surface area (Å²) in [7, 11) is -3.82. The van der Waals surface area contributed by atoms with E-state index in [-0.39, 0.29) is 28.5 Å². The number of hydrogen-bond donors (Lipinski definition) is 0. The molecule has 0 spiro atoms. The second-order valence-corrected chi connectivity index (χ2v) is 7.37. The van der Waals surface area contributed by atoms with Crippen LogP contribution in [0.15, 0.2) is 53.6 Å². The average Bonchev–Trinajstić information content (AvgIpc) is 2.62. The summed E-state index contributed by atoms with van der Waals surface area (Å²) in [5.41, 5.74) is -0.00701. The summed E-state index contributed by atoms with van der Waals surface area (Å²) >= 11 is 0. The van der Waals surface area contributed by atoms with Crippen molar-refractivity contribution in [3.05, 3.63) is 64.3 Å². The Bertz CT molecular complexity index is 1070. The third-order valence-electron chi connectivity index (χ3n) is 3.68. The molecule has 0 radical (unpaired) electrons. The first-order valence-corrected chi connectivity index (χ1v) is 9.42. The van der Waals surface area contributed by atoms with E-state index in [0.717, 1.165) is 0 Å². The SMILES string of the molecule is CCOc1nc2cccnc2c(CS(=O)(=O)c2ccccc2)c1[N+](=O)[O-]. The average molecular weight is 373 g/mol. The fourth-order valence-electron chi connectivity index (χ4n) is 2.59. The Kier molecular flexibility index (Phi) is 4.81. The van der Waals surface area contributed by atoms with E-state index in [2.05, 4.69) is 9.97 Å². The van der Waals surface area contributed by atoms with Crippen LogP contribution in [0.5, 0.6) is 5.88 Å². The molecule has 3 aromatic rings. The summed E-state index contributed by atoms with van der Waals surface area (Å²) in [6, 6.07) is 11.0. The molecule has 0 unspecified atom stereocenters. The number of nitro groups is 1. The lowest BCUT2D eigenvalue weighted by atomic mass is 10.2. The molecule has 0 aliphatic rings. The van der Waals surface area contributed by atoms with Crippen molar-refractivity contribution in [2.24, 2.45) is 0 Å². The highest BCUT2D eigenvalue weighted by atomic mass is 32.2. The molecule has 0 N–H and O–H groups in total. The number of pyridine rings is 2. The molecule has 0 aliphatic heterocycles. The van der Waals surface area contributed by atoms with Crippen LogP contribution in [0.25, 0.3) is 11.0 Å². The van der Waals surface area contributed by atoms with Gasteiger partial charge in [-0.05, 0) is 31.2 Å². The van der Waals surface area contributed by atoms with Gasteiger partial charge < -0.3 is 4.74 Å². The van der Waals surface area contributed by atoms with Gasteiger partial charge in [-0.2, -0.15) is 0 Å². The van der Waals surface area contributed by atoms with E-state index in [1.165, 1.54) is 18.3 Å². The Morgan fingerprint density at radius 2 is 1.88 bits per heavy atom. The first-order chi connectivity index (χ1) is 12.4. The topological polar surface area (TPSA) is 112 Å². The van der Waals surface area contributed by atoms with Crippen molar-refractivity contribution in [3.8, 4) is 5.88 Å². The molecule has 134 valence electrons. The van der Waals surface area contributed by atoms with Gasteiger partial charge in [0.15, 0.2) is 9.84 Å². The number of nitrogens with zero attached hydrogens (tertiary/aromatic N) is 3. The summed E-state index contributed by atoms with van der Waals surface area (Å²) in [6.07, 6.45) is 1.44. The maximum Gasteiger partial charge on any atom is 0.337 e. The Morgan fingerprint density at radius 1 is 1.15 bits per heavy atom. The number of ether oxygens (including phenoxy) is 1. The number of sulfone groups is 1. The minimum atomic E-state index is -3.82. The summed E-state index contributed by atoms with van der Waals surface area (Å²) in [6.45, 7) is 1.82. The number of hydrogen-bond acceptors (Lipinski definition) is 7. The van der Waals surface area contributed by atoms with Crippen LogP contribution in [0.3, 0.4) is 0 Å². The molecule has 0 saturated carbocycles. The van der Waals surface area contributed by atoms with Crippen molar-refractivity contribution in [1.29, 1.82) is 0 Å². The standard InChI is InChI=1S/C17H15N3O5S/c1-2-25-17-16(20(21)22)13(15-14(19-17)9-6-10-18-15)11-26(23,24)12-7-4-3-5-8-12/h3-10H,2,11H2,1H3. The van der Waals surface area contributed by atoms with Gasteiger partial charge in [0.25, 0.3) is 5.88 Å². The van der Waals surface area contributed by atoms with Gasteiger partial charge in [-0.1, -0.05) is 18.2 Å². The van der Waals surface area contributed by atoms with Crippen LogP contribution in [0.1, 0.15) is 12.5 Å². The minimum absolute atomic E-state index is 0.0343. The van der Waals surface area contributed by atoms with Gasteiger partial charge >= 0.3 is 5.69 Å². The normalized spacial score (nSPS) is 11.4. The molecule has 0 fully saturated rings. The predicted octanol–water partition coefficient (Wildman–Crippen LogP) is 2.91. The molecule has 0 aliphatic carbocycles. The van der Waals surface area contributed by atoms with Gasteiger partial charge in [0, 0.05) is 6.20 Å². The highest BCUT2D eigenvalue weighted by molar-refractivity contribution is 7.90. The zero-order valence-corrected chi connectivity index (χ0v) is 14.6. The van der Waals surface area contributed by atoms with Crippen LogP contribution in [0.2, 0.25) is 0 Å². The molecule has 9 heteroatoms. The summed E-state index contributed by atoms with van der Waals surface area (Å²) in [5.74, 6) is -0.792. The quantitative estimate of drug-likeness (QED) is 0.482. The van der Waals surface area contributed by atoms with Crippen LogP contribution in [-0.2, 0) is 15.6 Å². The molecule has 0 amide bonds. The summed E-state index contributed by atoms with van der Waals surface area (Å²) < 4.78 is 30.8. The van der Waals surface area contributed by atoms with Gasteiger partial charge in [0.05, 0.1) is 33.3 Å². The number of fused-ring (bicyclic) bond motifs is 1. The molecule has 3 rings (SSSR count). The highest BCUT2D eigenvalue weighted by Gasteiger charge is 2.30. The second kappa shape index (κ2) is 7.04. The van der Waals surface area contributed by atoms with Crippen LogP contribution in [0.4, 0.5) is 5.69 Å². The fraction of sp³-hybridized carbons (Fsp3) is 0.176. The molecule has 0 saturated heterocycles. The maximum atomic E-state index is 12.8. The minimum Gasteiger partial charge on any atom is -0.473 e. The number of benzene rings is 1. The van der Waals surface area contributed by atoms with Gasteiger partial charge in [-0.3, -0.25) is 15.1 Å². The third-order valence-corrected chi connectivity index (χ3v) is 5.34. The van der Waals surface area contributed by atoms with E-state index in [9.17, 15) is 18.5 Å². The Labute approximate surface area is 149 Å². The summed E-state index contributed by atoms with van der Waals surface area (Å²) in [4.78, 5) is 19.3. The third kappa shape index (κ3) is 3.33. The predicted molar refractivity (Wildman–Crippen MR) is 94.7 cm³/mol. The Balaban J connectivity index is 2.26. The first-order valence-electron chi connectivity index (χ1n) is 7.76. The van der Waals surface area contributed by atoms with Crippen molar-refractivity contribution in [3.63, 3.8) is 0 Å². The maximum absolute atomic E-state index is 12.8. The zero-order chi connectivity index (χ0) is 18.7. The Morgan fingerprint density at radius 3 is 2.54 bits per heavy atom. The van der Waals surface area contributed by atoms with E-state index >= 15 is 0 Å². The highest BCUT2D eigenvalue weighted by Crippen LogP contribution is 2.36. The van der Waals surface area contributed by atoms with E-state index in [1.807, 2.05) is 0 Å². The molecule has 0 atom stereocenters. The summed E-state index contributed by atoms with van der Waals surface area (Å²) in [5, 5.41) is 11.6. The van der Waals surface area contributed by atoms with Crippen LogP contribution in [0, 0.1) is 10.1 Å². The van der Waals surface area contributed by atoms with E-state index < -0.39 is 26.2 Å². The van der Waals surface area contributed by atoms with Crippen molar-refractivity contribution in [2.45, 2.75) is 17.6 Å². The number of aromatic nitrogens is 2. The molecule has 26 heavy (non-hydrogen) atoms. The monoisotopic (exact) mass is 373 g/mol. The van der Waals surface area contributed by atoms with Crippen LogP contribution < -0.4 is 4.74 Å². The fourth-order valence-corrected chi connectivity index (χ4v) is 3.98. The zero-order valence-electron chi connectivity index (χ0n) is 13.8. The lowest BCUT2D eigenvalue weighted by Crippen LogP contribution is -2.10. The molecule has 8 nitrogen and oxygen atoms in total. The van der Waals surface area contributed by atoms with Crippen LogP contribution >= 0.6 is 0 Å². The smallest absolute Gasteiger partial charge is 0.337 e. The van der Waals surface area contributed by atoms with Crippen molar-refractivity contribution >= 4 is 26.6 Å².